The fourth-order valence-corrected chi connectivity index (χ4v) is 2.62. The predicted molar refractivity (Wildman–Crippen MR) is 101 cm³/mol. The van der Waals surface area contributed by atoms with Crippen LogP contribution in [0.2, 0.25) is 0 Å². The van der Waals surface area contributed by atoms with E-state index in [0.717, 1.165) is 31.0 Å². The molecule has 0 fully saturated rings. The van der Waals surface area contributed by atoms with Crippen LogP contribution >= 0.6 is 0 Å². The molecule has 0 aliphatic rings. The van der Waals surface area contributed by atoms with Gasteiger partial charge in [-0.15, -0.1) is 0 Å². The fraction of sp³-hybridized carbons (Fsp3) is 0.421. The van der Waals surface area contributed by atoms with Gasteiger partial charge in [0.05, 0.1) is 13.7 Å². The van der Waals surface area contributed by atoms with Gasteiger partial charge in [-0.25, -0.2) is 0 Å². The third kappa shape index (κ3) is 5.17. The number of aliphatic imine (C=N–C) groups is 1. The van der Waals surface area contributed by atoms with Crippen molar-refractivity contribution in [2.45, 2.75) is 19.9 Å². The van der Waals surface area contributed by atoms with E-state index in [1.807, 2.05) is 38.5 Å². The smallest absolute Gasteiger partial charge is 0.194 e. The lowest BCUT2D eigenvalue weighted by Crippen LogP contribution is -2.39. The Hall–Kier alpha value is -2.63. The van der Waals surface area contributed by atoms with Crippen LogP contribution in [-0.2, 0) is 20.0 Å². The second-order valence-electron chi connectivity index (χ2n) is 5.96. The molecule has 1 aromatic carbocycles. The Labute approximate surface area is 149 Å². The lowest BCUT2D eigenvalue weighted by atomic mass is 10.1. The summed E-state index contributed by atoms with van der Waals surface area (Å²) in [6, 6.07) is 9.57. The van der Waals surface area contributed by atoms with Gasteiger partial charge in [-0.2, -0.15) is 0 Å². The minimum absolute atomic E-state index is 0.158. The van der Waals surface area contributed by atoms with Gasteiger partial charge in [-0.05, 0) is 43.2 Å². The minimum atomic E-state index is 0.158. The number of ether oxygens (including phenoxy) is 1. The van der Waals surface area contributed by atoms with Crippen LogP contribution in [0.5, 0.6) is 11.5 Å². The number of nitrogens with one attached hydrogen (secondary N) is 1. The molecule has 0 saturated carbocycles. The number of hydrogen-bond donors (Lipinski definition) is 2. The quantitative estimate of drug-likeness (QED) is 0.598. The molecule has 0 amide bonds. The zero-order chi connectivity index (χ0) is 18.2. The molecular weight excluding hydrogens is 316 g/mol. The van der Waals surface area contributed by atoms with E-state index in [1.54, 1.807) is 13.2 Å². The molecule has 0 aliphatic carbocycles. The number of nitrogens with zero attached hydrogens (tertiary/aromatic N) is 3. The molecule has 2 rings (SSSR count). The molecule has 0 spiro atoms. The molecule has 0 saturated heterocycles. The van der Waals surface area contributed by atoms with E-state index in [2.05, 4.69) is 27.8 Å². The number of phenols is 1. The van der Waals surface area contributed by atoms with Crippen LogP contribution in [0.15, 0.2) is 41.5 Å². The molecule has 0 bridgehead atoms. The zero-order valence-corrected chi connectivity index (χ0v) is 15.5. The van der Waals surface area contributed by atoms with Crippen molar-refractivity contribution in [2.75, 3.05) is 27.2 Å². The van der Waals surface area contributed by atoms with Crippen molar-refractivity contribution in [3.8, 4) is 11.5 Å². The van der Waals surface area contributed by atoms with Crippen molar-refractivity contribution in [3.63, 3.8) is 0 Å². The summed E-state index contributed by atoms with van der Waals surface area (Å²) >= 11 is 0. The Morgan fingerprint density at radius 1 is 1.36 bits per heavy atom. The van der Waals surface area contributed by atoms with Crippen LogP contribution in [0.3, 0.4) is 0 Å². The highest BCUT2D eigenvalue weighted by Crippen LogP contribution is 2.26. The third-order valence-corrected chi connectivity index (χ3v) is 4.05. The van der Waals surface area contributed by atoms with Crippen LogP contribution in [0, 0.1) is 0 Å². The Balaban J connectivity index is 2.00. The summed E-state index contributed by atoms with van der Waals surface area (Å²) < 4.78 is 7.26. The van der Waals surface area contributed by atoms with Crippen LogP contribution in [0.25, 0.3) is 0 Å². The maximum absolute atomic E-state index is 9.66. The Kier molecular flexibility index (Phi) is 6.74. The molecule has 1 aromatic heterocycles. The monoisotopic (exact) mass is 344 g/mol. The van der Waals surface area contributed by atoms with Gasteiger partial charge in [-0.3, -0.25) is 4.99 Å². The van der Waals surface area contributed by atoms with E-state index in [9.17, 15) is 5.11 Å². The summed E-state index contributed by atoms with van der Waals surface area (Å²) in [5.41, 5.74) is 2.32. The maximum Gasteiger partial charge on any atom is 0.194 e. The van der Waals surface area contributed by atoms with E-state index in [0.29, 0.717) is 12.3 Å². The number of aromatic hydroxyl groups is 1. The van der Waals surface area contributed by atoms with Crippen molar-refractivity contribution >= 4 is 5.96 Å². The van der Waals surface area contributed by atoms with Gasteiger partial charge in [0.1, 0.15) is 0 Å². The normalized spacial score (nSPS) is 11.4. The van der Waals surface area contributed by atoms with E-state index in [1.165, 1.54) is 5.69 Å². The number of aryl methyl sites for hydroxylation is 1. The third-order valence-electron chi connectivity index (χ3n) is 4.05. The molecule has 6 heteroatoms. The van der Waals surface area contributed by atoms with Crippen molar-refractivity contribution in [1.82, 2.24) is 14.8 Å². The number of guanidine groups is 1. The molecule has 1 heterocycles. The van der Waals surface area contributed by atoms with Crippen molar-refractivity contribution in [2.24, 2.45) is 12.0 Å². The van der Waals surface area contributed by atoms with E-state index < -0.39 is 0 Å². The van der Waals surface area contributed by atoms with Gasteiger partial charge in [0, 0.05) is 39.1 Å². The summed E-state index contributed by atoms with van der Waals surface area (Å²) in [7, 11) is 5.64. The van der Waals surface area contributed by atoms with Gasteiger partial charge in [0.15, 0.2) is 17.5 Å². The standard InChI is InChI=1S/C19H28N4O2/c1-5-20-19(23(3)14-16-7-6-12-22(16)2)21-11-10-15-8-9-17(24)18(13-15)25-4/h6-9,12-13,24H,5,10-11,14H2,1-4H3,(H,20,21). The number of phenolic OH excluding ortho intramolecular Hbond substituents is 1. The second-order valence-corrected chi connectivity index (χ2v) is 5.96. The molecule has 0 atom stereocenters. The molecule has 0 aliphatic heterocycles. The summed E-state index contributed by atoms with van der Waals surface area (Å²) in [6.07, 6.45) is 2.83. The minimum Gasteiger partial charge on any atom is -0.504 e. The van der Waals surface area contributed by atoms with Crippen molar-refractivity contribution in [1.29, 1.82) is 0 Å². The van der Waals surface area contributed by atoms with Crippen LogP contribution in [0.1, 0.15) is 18.2 Å². The summed E-state index contributed by atoms with van der Waals surface area (Å²) in [6.45, 7) is 4.34. The zero-order valence-electron chi connectivity index (χ0n) is 15.5. The molecule has 0 radical (unpaired) electrons. The molecule has 2 aromatic rings. The molecule has 25 heavy (non-hydrogen) atoms. The first-order chi connectivity index (χ1) is 12.0. The number of rotatable bonds is 7. The molecule has 6 nitrogen and oxygen atoms in total. The average Bonchev–Trinajstić information content (AvgIpc) is 3.00. The summed E-state index contributed by atoms with van der Waals surface area (Å²) in [5, 5.41) is 13.0. The molecular formula is C19H28N4O2. The first kappa shape index (κ1) is 18.7. The van der Waals surface area contributed by atoms with Crippen LogP contribution < -0.4 is 10.1 Å². The van der Waals surface area contributed by atoms with E-state index in [4.69, 9.17) is 9.73 Å². The molecule has 0 unspecified atom stereocenters. The number of hydrogen-bond acceptors (Lipinski definition) is 3. The van der Waals surface area contributed by atoms with Gasteiger partial charge >= 0.3 is 0 Å². The SMILES string of the molecule is CCNC(=NCCc1ccc(O)c(OC)c1)N(C)Cc1cccn1C. The lowest BCUT2D eigenvalue weighted by Gasteiger charge is -2.22. The van der Waals surface area contributed by atoms with Gasteiger partial charge in [0.25, 0.3) is 0 Å². The summed E-state index contributed by atoms with van der Waals surface area (Å²) in [4.78, 5) is 6.84. The fourth-order valence-electron chi connectivity index (χ4n) is 2.62. The lowest BCUT2D eigenvalue weighted by molar-refractivity contribution is 0.373. The highest BCUT2D eigenvalue weighted by molar-refractivity contribution is 5.79. The van der Waals surface area contributed by atoms with Gasteiger partial charge < -0.3 is 24.6 Å². The number of aromatic nitrogens is 1. The number of benzene rings is 1. The Bertz CT molecular complexity index is 709. The van der Waals surface area contributed by atoms with E-state index >= 15 is 0 Å². The van der Waals surface area contributed by atoms with Gasteiger partial charge in [-0.1, -0.05) is 6.07 Å². The highest BCUT2D eigenvalue weighted by atomic mass is 16.5. The topological polar surface area (TPSA) is 62.0 Å². The first-order valence-electron chi connectivity index (χ1n) is 8.50. The number of methoxy groups -OCH3 is 1. The van der Waals surface area contributed by atoms with E-state index in [-0.39, 0.29) is 5.75 Å². The predicted octanol–water partition coefficient (Wildman–Crippen LogP) is 2.38. The molecule has 2 N–H and O–H groups in total. The highest BCUT2D eigenvalue weighted by Gasteiger charge is 2.08. The van der Waals surface area contributed by atoms with Crippen molar-refractivity contribution in [3.05, 3.63) is 47.8 Å². The van der Waals surface area contributed by atoms with Crippen LogP contribution in [0.4, 0.5) is 0 Å². The first-order valence-corrected chi connectivity index (χ1v) is 8.50. The maximum atomic E-state index is 9.66. The Morgan fingerprint density at radius 2 is 2.16 bits per heavy atom. The largest absolute Gasteiger partial charge is 0.504 e. The second kappa shape index (κ2) is 9.01. The van der Waals surface area contributed by atoms with Crippen LogP contribution in [-0.4, -0.2) is 47.8 Å². The van der Waals surface area contributed by atoms with Gasteiger partial charge in [0.2, 0.25) is 0 Å². The average molecular weight is 344 g/mol. The Morgan fingerprint density at radius 3 is 2.80 bits per heavy atom. The summed E-state index contributed by atoms with van der Waals surface area (Å²) in [5.74, 6) is 1.54. The molecule has 136 valence electrons. The van der Waals surface area contributed by atoms with Crippen molar-refractivity contribution < 1.29 is 9.84 Å².